The Labute approximate surface area is 176 Å². The number of aliphatic imine (C=N–C) groups is 1. The molecule has 148 valence electrons. The number of hydrogen-bond acceptors (Lipinski definition) is 4. The van der Waals surface area contributed by atoms with Gasteiger partial charge in [0.15, 0.2) is 0 Å². The number of methoxy groups -OCH3 is 2. The molecule has 0 fully saturated rings. The van der Waals surface area contributed by atoms with Crippen LogP contribution in [-0.4, -0.2) is 33.0 Å². The van der Waals surface area contributed by atoms with E-state index in [4.69, 9.17) is 26.1 Å². The van der Waals surface area contributed by atoms with Crippen molar-refractivity contribution in [1.82, 2.24) is 0 Å². The first kappa shape index (κ1) is 19.3. The van der Waals surface area contributed by atoms with E-state index in [0.29, 0.717) is 11.6 Å². The molecular formula is C24H23ClN2O2. The Morgan fingerprint density at radius 1 is 0.897 bits per heavy atom. The van der Waals surface area contributed by atoms with Crippen molar-refractivity contribution in [3.63, 3.8) is 0 Å². The van der Waals surface area contributed by atoms with Gasteiger partial charge in [-0.2, -0.15) is 0 Å². The monoisotopic (exact) mass is 406 g/mol. The normalized spacial score (nSPS) is 13.3. The molecule has 29 heavy (non-hydrogen) atoms. The summed E-state index contributed by atoms with van der Waals surface area (Å²) in [6.45, 7) is 2.34. The lowest BCUT2D eigenvalue weighted by atomic mass is 10.00. The first-order valence-corrected chi connectivity index (χ1v) is 9.92. The Balaban J connectivity index is 1.69. The molecule has 1 aliphatic heterocycles. The van der Waals surface area contributed by atoms with Crippen LogP contribution in [0.3, 0.4) is 0 Å². The quantitative estimate of drug-likeness (QED) is 0.583. The summed E-state index contributed by atoms with van der Waals surface area (Å²) in [6.07, 6.45) is 0. The van der Waals surface area contributed by atoms with Gasteiger partial charge in [0.1, 0.15) is 11.5 Å². The lowest BCUT2D eigenvalue weighted by molar-refractivity contribution is 0.414. The molecule has 0 saturated heterocycles. The summed E-state index contributed by atoms with van der Waals surface area (Å²) in [6, 6.07) is 22.2. The van der Waals surface area contributed by atoms with Crippen LogP contribution in [0.1, 0.15) is 16.7 Å². The number of hydrogen-bond donors (Lipinski definition) is 0. The van der Waals surface area contributed by atoms with Gasteiger partial charge in [-0.25, -0.2) is 0 Å². The predicted molar refractivity (Wildman–Crippen MR) is 119 cm³/mol. The molecule has 0 aliphatic carbocycles. The average Bonchev–Trinajstić information content (AvgIpc) is 2.93. The number of anilines is 1. The zero-order valence-corrected chi connectivity index (χ0v) is 17.3. The van der Waals surface area contributed by atoms with Crippen molar-refractivity contribution in [2.45, 2.75) is 6.54 Å². The molecule has 4 nitrogen and oxygen atoms in total. The highest BCUT2D eigenvalue weighted by Gasteiger charge is 2.20. The molecule has 3 aromatic rings. The fraction of sp³-hybridized carbons (Fsp3) is 0.208. The van der Waals surface area contributed by atoms with E-state index in [1.165, 1.54) is 5.56 Å². The van der Waals surface area contributed by atoms with Gasteiger partial charge < -0.3 is 14.4 Å². The Morgan fingerprint density at radius 2 is 1.55 bits per heavy atom. The van der Waals surface area contributed by atoms with Crippen molar-refractivity contribution < 1.29 is 9.47 Å². The predicted octanol–water partition coefficient (Wildman–Crippen LogP) is 5.21. The second kappa shape index (κ2) is 8.58. The summed E-state index contributed by atoms with van der Waals surface area (Å²) < 4.78 is 10.6. The van der Waals surface area contributed by atoms with E-state index in [-0.39, 0.29) is 0 Å². The van der Waals surface area contributed by atoms with Crippen LogP contribution in [-0.2, 0) is 6.54 Å². The summed E-state index contributed by atoms with van der Waals surface area (Å²) in [4.78, 5) is 7.26. The summed E-state index contributed by atoms with van der Waals surface area (Å²) in [7, 11) is 3.35. The molecule has 0 aromatic heterocycles. The summed E-state index contributed by atoms with van der Waals surface area (Å²) in [5, 5.41) is 0.705. The Morgan fingerprint density at radius 3 is 2.21 bits per heavy atom. The average molecular weight is 407 g/mol. The van der Waals surface area contributed by atoms with Crippen LogP contribution in [0.4, 0.5) is 5.69 Å². The van der Waals surface area contributed by atoms with Crippen LogP contribution in [0.5, 0.6) is 11.5 Å². The van der Waals surface area contributed by atoms with Crippen molar-refractivity contribution in [2.24, 2.45) is 4.99 Å². The van der Waals surface area contributed by atoms with E-state index in [2.05, 4.69) is 23.1 Å². The molecule has 0 unspecified atom stereocenters. The third kappa shape index (κ3) is 4.22. The molecule has 0 atom stereocenters. The van der Waals surface area contributed by atoms with E-state index >= 15 is 0 Å². The third-order valence-corrected chi connectivity index (χ3v) is 5.33. The zero-order chi connectivity index (χ0) is 20.2. The molecular weight excluding hydrogens is 384 g/mol. The first-order valence-electron chi connectivity index (χ1n) is 9.54. The highest BCUT2D eigenvalue weighted by atomic mass is 35.5. The molecule has 0 spiro atoms. The SMILES string of the molecule is COc1ccc(CN2CCN=C(c3ccc(OC)cc3)c3cc(Cl)ccc32)cc1. The topological polar surface area (TPSA) is 34.1 Å². The van der Waals surface area contributed by atoms with Crippen LogP contribution >= 0.6 is 11.6 Å². The van der Waals surface area contributed by atoms with E-state index in [1.807, 2.05) is 48.5 Å². The van der Waals surface area contributed by atoms with Crippen LogP contribution in [0.2, 0.25) is 5.02 Å². The molecule has 0 saturated carbocycles. The molecule has 5 heteroatoms. The minimum atomic E-state index is 0.705. The molecule has 3 aromatic carbocycles. The second-order valence-corrected chi connectivity index (χ2v) is 7.33. The number of halogens is 1. The number of benzene rings is 3. The van der Waals surface area contributed by atoms with Gasteiger partial charge >= 0.3 is 0 Å². The molecule has 0 radical (unpaired) electrons. The van der Waals surface area contributed by atoms with Crippen molar-refractivity contribution in [3.05, 3.63) is 88.4 Å². The molecule has 0 amide bonds. The maximum absolute atomic E-state index is 6.36. The van der Waals surface area contributed by atoms with Gasteiger partial charge in [-0.3, -0.25) is 4.99 Å². The highest BCUT2D eigenvalue weighted by molar-refractivity contribution is 6.31. The fourth-order valence-corrected chi connectivity index (χ4v) is 3.75. The second-order valence-electron chi connectivity index (χ2n) is 6.89. The van der Waals surface area contributed by atoms with Gasteiger partial charge in [-0.05, 0) is 60.2 Å². The maximum atomic E-state index is 6.36. The van der Waals surface area contributed by atoms with Gasteiger partial charge in [-0.1, -0.05) is 23.7 Å². The van der Waals surface area contributed by atoms with Crippen molar-refractivity contribution in [1.29, 1.82) is 0 Å². The number of rotatable bonds is 5. The van der Waals surface area contributed by atoms with Crippen LogP contribution in [0.15, 0.2) is 71.7 Å². The van der Waals surface area contributed by atoms with Crippen LogP contribution in [0.25, 0.3) is 0 Å². The molecule has 1 aliphatic rings. The van der Waals surface area contributed by atoms with E-state index in [9.17, 15) is 0 Å². The van der Waals surface area contributed by atoms with Crippen LogP contribution in [0, 0.1) is 0 Å². The smallest absolute Gasteiger partial charge is 0.118 e. The minimum Gasteiger partial charge on any atom is -0.497 e. The molecule has 4 rings (SSSR count). The van der Waals surface area contributed by atoms with Gasteiger partial charge in [0.2, 0.25) is 0 Å². The maximum Gasteiger partial charge on any atom is 0.118 e. The van der Waals surface area contributed by atoms with Crippen LogP contribution < -0.4 is 14.4 Å². The number of nitrogens with zero attached hydrogens (tertiary/aromatic N) is 2. The van der Waals surface area contributed by atoms with Crippen molar-refractivity contribution in [3.8, 4) is 11.5 Å². The summed E-state index contributed by atoms with van der Waals surface area (Å²) in [5.74, 6) is 1.69. The zero-order valence-electron chi connectivity index (χ0n) is 16.6. The molecule has 0 bridgehead atoms. The summed E-state index contributed by atoms with van der Waals surface area (Å²) >= 11 is 6.36. The fourth-order valence-electron chi connectivity index (χ4n) is 3.57. The van der Waals surface area contributed by atoms with Gasteiger partial charge in [0.05, 0.1) is 26.5 Å². The first-order chi connectivity index (χ1) is 14.2. The number of ether oxygens (including phenoxy) is 2. The molecule has 0 N–H and O–H groups in total. The lowest BCUT2D eigenvalue weighted by Crippen LogP contribution is -2.25. The van der Waals surface area contributed by atoms with Gasteiger partial charge in [0.25, 0.3) is 0 Å². The minimum absolute atomic E-state index is 0.705. The van der Waals surface area contributed by atoms with Crippen molar-refractivity contribution in [2.75, 3.05) is 32.2 Å². The highest BCUT2D eigenvalue weighted by Crippen LogP contribution is 2.31. The number of fused-ring (bicyclic) bond motifs is 1. The lowest BCUT2D eigenvalue weighted by Gasteiger charge is -2.25. The van der Waals surface area contributed by atoms with E-state index in [0.717, 1.165) is 47.1 Å². The Hall–Kier alpha value is -2.98. The summed E-state index contributed by atoms with van der Waals surface area (Å²) in [5.41, 5.74) is 5.42. The van der Waals surface area contributed by atoms with Crippen molar-refractivity contribution >= 4 is 23.0 Å². The molecule has 1 heterocycles. The van der Waals surface area contributed by atoms with Gasteiger partial charge in [-0.15, -0.1) is 0 Å². The van der Waals surface area contributed by atoms with Gasteiger partial charge in [0, 0.05) is 34.9 Å². The number of benzodiazepines with no additional fused rings is 1. The standard InChI is InChI=1S/C24H23ClN2O2/c1-28-20-8-3-17(4-9-20)16-27-14-13-26-24(18-5-10-21(29-2)11-6-18)22-15-19(25)7-12-23(22)27/h3-12,15H,13-14,16H2,1-2H3. The van der Waals surface area contributed by atoms with E-state index < -0.39 is 0 Å². The third-order valence-electron chi connectivity index (χ3n) is 5.09. The van der Waals surface area contributed by atoms with E-state index in [1.54, 1.807) is 14.2 Å². The largest absolute Gasteiger partial charge is 0.497 e. The Bertz CT molecular complexity index is 1010. The Kier molecular flexibility index (Phi) is 5.72.